The topological polar surface area (TPSA) is 67.8 Å². The van der Waals surface area contributed by atoms with Gasteiger partial charge in [0, 0.05) is 0 Å². The van der Waals surface area contributed by atoms with Crippen molar-refractivity contribution in [3.05, 3.63) is 100 Å². The van der Waals surface area contributed by atoms with Crippen molar-refractivity contribution in [1.29, 1.82) is 0 Å². The molecule has 3 aromatic rings. The second-order valence-electron chi connectivity index (χ2n) is 6.01. The fraction of sp³-hybridized carbons (Fsp3) is 0.0455. The van der Waals surface area contributed by atoms with Crippen LogP contribution in [0, 0.1) is 6.92 Å². The van der Waals surface area contributed by atoms with Gasteiger partial charge in [-0.05, 0) is 61.0 Å². The van der Waals surface area contributed by atoms with Gasteiger partial charge >= 0.3 is 5.97 Å². The van der Waals surface area contributed by atoms with Gasteiger partial charge in [0.25, 0.3) is 5.91 Å². The minimum absolute atomic E-state index is 0.347. The van der Waals surface area contributed by atoms with Crippen LogP contribution < -0.4 is 10.2 Å². The summed E-state index contributed by atoms with van der Waals surface area (Å²) in [5.74, 6) is -0.397. The maximum Gasteiger partial charge on any atom is 0.343 e. The van der Waals surface area contributed by atoms with Crippen molar-refractivity contribution in [1.82, 2.24) is 5.43 Å². The van der Waals surface area contributed by atoms with Crippen LogP contribution in [0.3, 0.4) is 0 Å². The Morgan fingerprint density at radius 3 is 2.46 bits per heavy atom. The number of rotatable bonds is 5. The molecule has 0 fully saturated rings. The highest BCUT2D eigenvalue weighted by molar-refractivity contribution is 6.33. The zero-order valence-corrected chi connectivity index (χ0v) is 15.8. The first-order chi connectivity index (χ1) is 13.5. The highest BCUT2D eigenvalue weighted by Crippen LogP contribution is 2.15. The lowest BCUT2D eigenvalue weighted by molar-refractivity contribution is 0.0734. The van der Waals surface area contributed by atoms with E-state index >= 15 is 0 Å². The molecule has 1 N–H and O–H groups in total. The fourth-order valence-corrected chi connectivity index (χ4v) is 2.65. The van der Waals surface area contributed by atoms with Crippen LogP contribution in [-0.4, -0.2) is 18.1 Å². The van der Waals surface area contributed by atoms with Crippen molar-refractivity contribution in [2.24, 2.45) is 5.10 Å². The summed E-state index contributed by atoms with van der Waals surface area (Å²) in [6.07, 6.45) is 1.49. The summed E-state index contributed by atoms with van der Waals surface area (Å²) in [6, 6.07) is 20.7. The third kappa shape index (κ3) is 5.05. The normalized spacial score (nSPS) is 10.6. The third-order valence-corrected chi connectivity index (χ3v) is 4.17. The second-order valence-corrected chi connectivity index (χ2v) is 6.41. The number of esters is 1. The minimum atomic E-state index is -0.419. The molecule has 0 aliphatic heterocycles. The number of hydrazone groups is 1. The number of nitrogens with zero attached hydrogens (tertiary/aromatic N) is 1. The van der Waals surface area contributed by atoms with Gasteiger partial charge in [-0.2, -0.15) is 5.10 Å². The standard InChI is InChI=1S/C22H17ClN2O3/c1-15-5-4-6-17(13-15)22(27)28-18-11-9-16(10-12-18)14-24-25-21(26)19-7-2-3-8-20(19)23/h2-14H,1H3,(H,25,26). The summed E-state index contributed by atoms with van der Waals surface area (Å²) < 4.78 is 5.36. The van der Waals surface area contributed by atoms with Crippen LogP contribution in [0.1, 0.15) is 31.8 Å². The van der Waals surface area contributed by atoms with Crippen LogP contribution in [-0.2, 0) is 0 Å². The number of carbonyl (C=O) groups excluding carboxylic acids is 2. The van der Waals surface area contributed by atoms with E-state index in [0.29, 0.717) is 21.9 Å². The summed E-state index contributed by atoms with van der Waals surface area (Å²) in [5, 5.41) is 4.27. The molecular weight excluding hydrogens is 376 g/mol. The third-order valence-electron chi connectivity index (χ3n) is 3.84. The van der Waals surface area contributed by atoms with Crippen LogP contribution in [0.2, 0.25) is 5.02 Å². The van der Waals surface area contributed by atoms with Crippen LogP contribution in [0.5, 0.6) is 5.75 Å². The zero-order valence-electron chi connectivity index (χ0n) is 15.1. The van der Waals surface area contributed by atoms with Crippen molar-refractivity contribution >= 4 is 29.7 Å². The van der Waals surface area contributed by atoms with Crippen LogP contribution >= 0.6 is 11.6 Å². The lowest BCUT2D eigenvalue weighted by Gasteiger charge is -2.05. The van der Waals surface area contributed by atoms with Crippen molar-refractivity contribution in [2.45, 2.75) is 6.92 Å². The first-order valence-corrected chi connectivity index (χ1v) is 8.87. The molecule has 0 saturated heterocycles. The summed E-state index contributed by atoms with van der Waals surface area (Å²) in [4.78, 5) is 24.2. The van der Waals surface area contributed by atoms with Crippen molar-refractivity contribution in [2.75, 3.05) is 0 Å². The van der Waals surface area contributed by atoms with Crippen molar-refractivity contribution < 1.29 is 14.3 Å². The predicted molar refractivity (Wildman–Crippen MR) is 109 cm³/mol. The van der Waals surface area contributed by atoms with Gasteiger partial charge in [0.1, 0.15) is 5.75 Å². The molecule has 0 aliphatic carbocycles. The zero-order chi connectivity index (χ0) is 19.9. The summed E-state index contributed by atoms with van der Waals surface area (Å²) >= 11 is 5.97. The molecule has 6 heteroatoms. The maximum absolute atomic E-state index is 12.2. The Morgan fingerprint density at radius 1 is 1.00 bits per heavy atom. The van der Waals surface area contributed by atoms with Gasteiger partial charge in [-0.25, -0.2) is 10.2 Å². The SMILES string of the molecule is Cc1cccc(C(=O)Oc2ccc(C=NNC(=O)c3ccccc3Cl)cc2)c1. The van der Waals surface area contributed by atoms with Gasteiger partial charge < -0.3 is 4.74 Å². The van der Waals surface area contributed by atoms with Gasteiger partial charge in [0.05, 0.1) is 22.4 Å². The first-order valence-electron chi connectivity index (χ1n) is 8.50. The molecule has 1 amide bonds. The number of hydrogen-bond acceptors (Lipinski definition) is 4. The smallest absolute Gasteiger partial charge is 0.343 e. The predicted octanol–water partition coefficient (Wildman–Crippen LogP) is 4.63. The minimum Gasteiger partial charge on any atom is -0.423 e. The van der Waals surface area contributed by atoms with E-state index in [1.165, 1.54) is 6.21 Å². The van der Waals surface area contributed by atoms with Crippen LogP contribution in [0.25, 0.3) is 0 Å². The van der Waals surface area contributed by atoms with E-state index in [1.54, 1.807) is 60.7 Å². The van der Waals surface area contributed by atoms with Crippen LogP contribution in [0.4, 0.5) is 0 Å². The van der Waals surface area contributed by atoms with Crippen molar-refractivity contribution in [3.8, 4) is 5.75 Å². The largest absolute Gasteiger partial charge is 0.423 e. The Morgan fingerprint density at radius 2 is 1.75 bits per heavy atom. The Bertz CT molecular complexity index is 1030. The molecule has 0 bridgehead atoms. The Balaban J connectivity index is 1.58. The molecule has 0 saturated carbocycles. The highest BCUT2D eigenvalue weighted by Gasteiger charge is 2.09. The molecule has 0 aromatic heterocycles. The first kappa shape index (κ1) is 19.3. The quantitative estimate of drug-likeness (QED) is 0.298. The van der Waals surface area contributed by atoms with E-state index in [-0.39, 0.29) is 0 Å². The van der Waals surface area contributed by atoms with E-state index in [1.807, 2.05) is 19.1 Å². The number of benzene rings is 3. The molecule has 0 heterocycles. The number of aryl methyl sites for hydroxylation is 1. The Labute approximate surface area is 167 Å². The molecule has 0 unspecified atom stereocenters. The number of nitrogens with one attached hydrogen (secondary N) is 1. The average molecular weight is 393 g/mol. The molecule has 0 spiro atoms. The van der Waals surface area contributed by atoms with E-state index < -0.39 is 11.9 Å². The van der Waals surface area contributed by atoms with E-state index in [2.05, 4.69) is 10.5 Å². The fourth-order valence-electron chi connectivity index (χ4n) is 2.43. The van der Waals surface area contributed by atoms with Gasteiger partial charge in [0.2, 0.25) is 0 Å². The number of amides is 1. The van der Waals surface area contributed by atoms with Crippen molar-refractivity contribution in [3.63, 3.8) is 0 Å². The lowest BCUT2D eigenvalue weighted by Crippen LogP contribution is -2.17. The maximum atomic E-state index is 12.2. The summed E-state index contributed by atoms with van der Waals surface area (Å²) in [6.45, 7) is 1.91. The Hall–Kier alpha value is -3.44. The number of halogens is 1. The number of ether oxygens (including phenoxy) is 1. The molecular formula is C22H17ClN2O3. The Kier molecular flexibility index (Phi) is 6.19. The van der Waals surface area contributed by atoms with Gasteiger partial charge in [-0.15, -0.1) is 0 Å². The molecule has 5 nitrogen and oxygen atoms in total. The molecule has 3 aromatic carbocycles. The number of carbonyl (C=O) groups is 2. The molecule has 3 rings (SSSR count). The second kappa shape index (κ2) is 8.97. The van der Waals surface area contributed by atoms with Gasteiger partial charge in [0.15, 0.2) is 0 Å². The molecule has 0 aliphatic rings. The van der Waals surface area contributed by atoms with Gasteiger partial charge in [-0.3, -0.25) is 4.79 Å². The summed E-state index contributed by atoms with van der Waals surface area (Å²) in [7, 11) is 0. The molecule has 0 radical (unpaired) electrons. The summed E-state index contributed by atoms with van der Waals surface area (Å²) in [5.41, 5.74) is 4.98. The van der Waals surface area contributed by atoms with Crippen LogP contribution in [0.15, 0.2) is 77.9 Å². The average Bonchev–Trinajstić information content (AvgIpc) is 2.69. The number of hydrogen-bond donors (Lipinski definition) is 1. The van der Waals surface area contributed by atoms with E-state index in [4.69, 9.17) is 16.3 Å². The monoisotopic (exact) mass is 392 g/mol. The van der Waals surface area contributed by atoms with E-state index in [0.717, 1.165) is 11.1 Å². The molecule has 140 valence electrons. The molecule has 28 heavy (non-hydrogen) atoms. The van der Waals surface area contributed by atoms with E-state index in [9.17, 15) is 9.59 Å². The van der Waals surface area contributed by atoms with Gasteiger partial charge in [-0.1, -0.05) is 41.4 Å². The molecule has 0 atom stereocenters. The highest BCUT2D eigenvalue weighted by atomic mass is 35.5. The lowest BCUT2D eigenvalue weighted by atomic mass is 10.1.